The third-order valence-corrected chi connectivity index (χ3v) is 2.19. The van der Waals surface area contributed by atoms with E-state index in [9.17, 15) is 19.8 Å². The van der Waals surface area contributed by atoms with E-state index in [1.807, 2.05) is 0 Å². The zero-order valence-electron chi connectivity index (χ0n) is 12.3. The number of nitrogens with two attached hydrogens (primary N) is 2. The number of carboxylic acids is 2. The van der Waals surface area contributed by atoms with Crippen molar-refractivity contribution in [3.63, 3.8) is 0 Å². The van der Waals surface area contributed by atoms with Crippen molar-refractivity contribution in [2.24, 2.45) is 11.5 Å². The van der Waals surface area contributed by atoms with E-state index in [4.69, 9.17) is 11.5 Å². The number of aromatic carboxylic acids is 2. The van der Waals surface area contributed by atoms with Gasteiger partial charge in [0.25, 0.3) is 0 Å². The Morgan fingerprint density at radius 3 is 1.09 bits per heavy atom. The van der Waals surface area contributed by atoms with Gasteiger partial charge in [0.05, 0.1) is 11.9 Å². The predicted octanol–water partition coefficient (Wildman–Crippen LogP) is -0.998. The molecule has 127 valence electrons. The molecule has 0 amide bonds. The van der Waals surface area contributed by atoms with E-state index in [1.165, 1.54) is 24.3 Å². The molecule has 6 nitrogen and oxygen atoms in total. The normalized spacial score (nSPS) is 8.26. The standard InChI is InChI=1S/2C7H6O2.C2H8N2.Cu/c2*8-7(9)6-4-2-1-3-5-6;3-1-2-4;/h2*1-5H,(H,8,9);1-4H2;/q;;;+2/p-2. The first-order valence-corrected chi connectivity index (χ1v) is 6.45. The SMILES string of the molecule is NCCN.O=C([O-])c1ccccc1.O=C([O-])c1ccccc1.[Cu+2]. The maximum absolute atomic E-state index is 10.1. The van der Waals surface area contributed by atoms with Crippen LogP contribution in [0.1, 0.15) is 20.7 Å². The van der Waals surface area contributed by atoms with Crippen LogP contribution in [0.25, 0.3) is 0 Å². The van der Waals surface area contributed by atoms with Gasteiger partial charge in [-0.05, 0) is 11.1 Å². The Hall–Kier alpha value is -2.18. The molecule has 0 saturated carbocycles. The molecule has 0 aliphatic heterocycles. The van der Waals surface area contributed by atoms with Gasteiger partial charge < -0.3 is 31.3 Å². The summed E-state index contributed by atoms with van der Waals surface area (Å²) in [4.78, 5) is 20.2. The van der Waals surface area contributed by atoms with Crippen molar-refractivity contribution >= 4 is 11.9 Å². The van der Waals surface area contributed by atoms with E-state index in [0.29, 0.717) is 13.1 Å². The molecule has 0 atom stereocenters. The van der Waals surface area contributed by atoms with Crippen LogP contribution in [0.2, 0.25) is 0 Å². The molecule has 1 radical (unpaired) electrons. The van der Waals surface area contributed by atoms with Crippen LogP contribution >= 0.6 is 0 Å². The Morgan fingerprint density at radius 1 is 0.696 bits per heavy atom. The maximum Gasteiger partial charge on any atom is 2.00 e. The molecule has 7 heteroatoms. The van der Waals surface area contributed by atoms with Crippen LogP contribution < -0.4 is 21.7 Å². The molecule has 0 unspecified atom stereocenters. The van der Waals surface area contributed by atoms with Gasteiger partial charge in [0.2, 0.25) is 0 Å². The fourth-order valence-corrected chi connectivity index (χ4v) is 1.15. The van der Waals surface area contributed by atoms with Gasteiger partial charge >= 0.3 is 17.1 Å². The summed E-state index contributed by atoms with van der Waals surface area (Å²) >= 11 is 0. The number of carbonyl (C=O) groups is 2. The second kappa shape index (κ2) is 14.7. The first-order chi connectivity index (χ1) is 10.5. The van der Waals surface area contributed by atoms with Gasteiger partial charge in [0.1, 0.15) is 0 Å². The average Bonchev–Trinajstić information content (AvgIpc) is 2.57. The van der Waals surface area contributed by atoms with Crippen molar-refractivity contribution < 1.29 is 36.9 Å². The Morgan fingerprint density at radius 2 is 0.957 bits per heavy atom. The summed E-state index contributed by atoms with van der Waals surface area (Å²) in [6.07, 6.45) is 0. The number of hydrogen-bond donors (Lipinski definition) is 2. The monoisotopic (exact) mass is 365 g/mol. The topological polar surface area (TPSA) is 132 Å². The Bertz CT molecular complexity index is 499. The number of rotatable bonds is 3. The largest absolute Gasteiger partial charge is 2.00 e. The Kier molecular flexibility index (Phi) is 14.8. The molecule has 0 aliphatic rings. The van der Waals surface area contributed by atoms with E-state index >= 15 is 0 Å². The molecular weight excluding hydrogens is 348 g/mol. The second-order valence-corrected chi connectivity index (χ2v) is 3.88. The molecular formula is C16H18CuN2O4. The van der Waals surface area contributed by atoms with Crippen LogP contribution in [-0.4, -0.2) is 25.0 Å². The molecule has 0 aromatic heterocycles. The molecule has 4 N–H and O–H groups in total. The number of carbonyl (C=O) groups excluding carboxylic acids is 2. The van der Waals surface area contributed by atoms with Crippen LogP contribution in [0.5, 0.6) is 0 Å². The zero-order chi connectivity index (χ0) is 16.8. The molecule has 0 aliphatic carbocycles. The van der Waals surface area contributed by atoms with Crippen molar-refractivity contribution in [3.8, 4) is 0 Å². The minimum absolute atomic E-state index is 0. The molecule has 2 rings (SSSR count). The molecule has 0 fully saturated rings. The predicted molar refractivity (Wildman–Crippen MR) is 79.7 cm³/mol. The Balaban J connectivity index is 0. The number of benzene rings is 2. The molecule has 0 bridgehead atoms. The zero-order valence-corrected chi connectivity index (χ0v) is 13.2. The molecule has 2 aromatic carbocycles. The first kappa shape index (κ1) is 23.1. The van der Waals surface area contributed by atoms with Crippen molar-refractivity contribution in [3.05, 3.63) is 71.8 Å². The minimum Gasteiger partial charge on any atom is -0.545 e. The summed E-state index contributed by atoms with van der Waals surface area (Å²) in [5.41, 5.74) is 10.2. The maximum atomic E-state index is 10.1. The van der Waals surface area contributed by atoms with Gasteiger partial charge in [0, 0.05) is 13.1 Å². The van der Waals surface area contributed by atoms with E-state index in [-0.39, 0.29) is 28.2 Å². The van der Waals surface area contributed by atoms with E-state index in [2.05, 4.69) is 0 Å². The van der Waals surface area contributed by atoms with Gasteiger partial charge in [-0.3, -0.25) is 0 Å². The number of hydrogen-bond acceptors (Lipinski definition) is 6. The molecule has 23 heavy (non-hydrogen) atoms. The fraction of sp³-hybridized carbons (Fsp3) is 0.125. The van der Waals surface area contributed by atoms with Gasteiger partial charge in [-0.25, -0.2) is 0 Å². The van der Waals surface area contributed by atoms with E-state index in [0.717, 1.165) is 0 Å². The van der Waals surface area contributed by atoms with Crippen LogP contribution in [0, 0.1) is 0 Å². The molecule has 0 heterocycles. The second-order valence-electron chi connectivity index (χ2n) is 3.88. The van der Waals surface area contributed by atoms with Crippen LogP contribution in [0.4, 0.5) is 0 Å². The number of carboxylic acid groups (broad SMARTS) is 2. The summed E-state index contributed by atoms with van der Waals surface area (Å²) in [7, 11) is 0. The van der Waals surface area contributed by atoms with Crippen LogP contribution in [0.3, 0.4) is 0 Å². The fourth-order valence-electron chi connectivity index (χ4n) is 1.15. The average molecular weight is 366 g/mol. The van der Waals surface area contributed by atoms with Gasteiger partial charge in [0.15, 0.2) is 0 Å². The summed E-state index contributed by atoms with van der Waals surface area (Å²) in [5, 5.41) is 20.2. The summed E-state index contributed by atoms with van der Waals surface area (Å²) in [6, 6.07) is 16.1. The van der Waals surface area contributed by atoms with E-state index < -0.39 is 11.9 Å². The van der Waals surface area contributed by atoms with Crippen molar-refractivity contribution in [2.75, 3.05) is 13.1 Å². The van der Waals surface area contributed by atoms with Crippen LogP contribution in [0.15, 0.2) is 60.7 Å². The van der Waals surface area contributed by atoms with Crippen LogP contribution in [-0.2, 0) is 17.1 Å². The minimum atomic E-state index is -1.13. The third kappa shape index (κ3) is 12.1. The van der Waals surface area contributed by atoms with Gasteiger partial charge in [-0.1, -0.05) is 60.7 Å². The van der Waals surface area contributed by atoms with Gasteiger partial charge in [-0.15, -0.1) is 0 Å². The summed E-state index contributed by atoms with van der Waals surface area (Å²) in [5.74, 6) is -2.26. The third-order valence-electron chi connectivity index (χ3n) is 2.19. The summed E-state index contributed by atoms with van der Waals surface area (Å²) in [6.45, 7) is 1.19. The van der Waals surface area contributed by atoms with E-state index in [1.54, 1.807) is 36.4 Å². The molecule has 2 aromatic rings. The van der Waals surface area contributed by atoms with Crippen molar-refractivity contribution in [2.45, 2.75) is 0 Å². The Labute approximate surface area is 145 Å². The molecule has 0 spiro atoms. The van der Waals surface area contributed by atoms with Crippen molar-refractivity contribution in [1.82, 2.24) is 0 Å². The summed E-state index contributed by atoms with van der Waals surface area (Å²) < 4.78 is 0. The molecule has 0 saturated heterocycles. The first-order valence-electron chi connectivity index (χ1n) is 6.45. The van der Waals surface area contributed by atoms with Crippen molar-refractivity contribution in [1.29, 1.82) is 0 Å². The quantitative estimate of drug-likeness (QED) is 0.670. The van der Waals surface area contributed by atoms with Gasteiger partial charge in [-0.2, -0.15) is 0 Å². The smallest absolute Gasteiger partial charge is 0.545 e.